The van der Waals surface area contributed by atoms with Crippen LogP contribution in [0.2, 0.25) is 0 Å². The first-order chi connectivity index (χ1) is 7.60. The summed E-state index contributed by atoms with van der Waals surface area (Å²) < 4.78 is 0. The molecule has 0 N–H and O–H groups in total. The van der Waals surface area contributed by atoms with Crippen molar-refractivity contribution in [2.45, 2.75) is 6.92 Å². The average molecular weight is 213 g/mol. The molecule has 0 unspecified atom stereocenters. The Hall–Kier alpha value is -2.66. The van der Waals surface area contributed by atoms with Gasteiger partial charge in [-0.1, -0.05) is 12.1 Å². The van der Waals surface area contributed by atoms with Crippen molar-refractivity contribution in [2.75, 3.05) is 0 Å². The third-order valence-electron chi connectivity index (χ3n) is 1.99. The molecule has 0 radical (unpaired) electrons. The fourth-order valence-corrected chi connectivity index (χ4v) is 1.29. The number of allylic oxidation sites excluding steroid dienone is 1. The van der Waals surface area contributed by atoms with Gasteiger partial charge in [-0.2, -0.15) is 10.5 Å². The smallest absolute Gasteiger partial charge is 0.258 e. The maximum Gasteiger partial charge on any atom is 0.279 e. The lowest BCUT2D eigenvalue weighted by molar-refractivity contribution is -0.385. The molecule has 1 aromatic rings. The molecule has 5 heteroatoms. The van der Waals surface area contributed by atoms with Crippen molar-refractivity contribution in [3.8, 4) is 12.1 Å². The lowest BCUT2D eigenvalue weighted by Gasteiger charge is -2.00. The van der Waals surface area contributed by atoms with E-state index in [0.717, 1.165) is 0 Å². The van der Waals surface area contributed by atoms with Crippen LogP contribution in [0, 0.1) is 39.7 Å². The number of para-hydroxylation sites is 1. The Morgan fingerprint density at radius 1 is 1.44 bits per heavy atom. The molecule has 1 rings (SSSR count). The van der Waals surface area contributed by atoms with Gasteiger partial charge in [0, 0.05) is 5.56 Å². The summed E-state index contributed by atoms with van der Waals surface area (Å²) in [4.78, 5) is 10.3. The summed E-state index contributed by atoms with van der Waals surface area (Å²) in [6, 6.07) is 8.07. The number of benzene rings is 1. The first kappa shape index (κ1) is 11.4. The zero-order valence-corrected chi connectivity index (χ0v) is 8.47. The number of rotatable bonds is 2. The van der Waals surface area contributed by atoms with Crippen LogP contribution in [0.4, 0.5) is 5.69 Å². The second-order valence-electron chi connectivity index (χ2n) is 3.05. The number of hydrogen-bond acceptors (Lipinski definition) is 4. The minimum absolute atomic E-state index is 0.0782. The molecule has 0 atom stereocenters. The summed E-state index contributed by atoms with van der Waals surface area (Å²) in [5.41, 5.74) is 0.524. The first-order valence-electron chi connectivity index (χ1n) is 4.36. The third kappa shape index (κ3) is 2.23. The standard InChI is InChI=1S/C11H7N3O2/c1-8-3-2-4-10(11(8)14(15)16)5-9(6-12)7-13/h2-5H,1H3. The van der Waals surface area contributed by atoms with Crippen molar-refractivity contribution >= 4 is 11.8 Å². The van der Waals surface area contributed by atoms with Gasteiger partial charge in [-0.25, -0.2) is 0 Å². The van der Waals surface area contributed by atoms with Gasteiger partial charge >= 0.3 is 0 Å². The van der Waals surface area contributed by atoms with Crippen LogP contribution in [0.25, 0.3) is 6.08 Å². The lowest BCUT2D eigenvalue weighted by Crippen LogP contribution is -1.94. The van der Waals surface area contributed by atoms with Gasteiger partial charge in [0.15, 0.2) is 0 Å². The van der Waals surface area contributed by atoms with E-state index < -0.39 is 4.92 Å². The molecule has 0 aliphatic rings. The van der Waals surface area contributed by atoms with Crippen molar-refractivity contribution in [1.29, 1.82) is 10.5 Å². The summed E-state index contributed by atoms with van der Waals surface area (Å²) in [6.07, 6.45) is 1.21. The van der Waals surface area contributed by atoms with Crippen LogP contribution in [0.1, 0.15) is 11.1 Å². The largest absolute Gasteiger partial charge is 0.279 e. The molecule has 78 valence electrons. The molecule has 0 bridgehead atoms. The molecule has 0 aromatic heterocycles. The van der Waals surface area contributed by atoms with E-state index in [9.17, 15) is 10.1 Å². The van der Waals surface area contributed by atoms with Crippen molar-refractivity contribution in [3.05, 3.63) is 45.0 Å². The molecule has 0 aliphatic carbocycles. The summed E-state index contributed by atoms with van der Waals surface area (Å²) >= 11 is 0. The Morgan fingerprint density at radius 2 is 2.06 bits per heavy atom. The van der Waals surface area contributed by atoms with Gasteiger partial charge < -0.3 is 0 Å². The zero-order chi connectivity index (χ0) is 12.1. The van der Waals surface area contributed by atoms with Crippen LogP contribution < -0.4 is 0 Å². The quantitative estimate of drug-likeness (QED) is 0.428. The molecular weight excluding hydrogens is 206 g/mol. The molecule has 0 saturated heterocycles. The summed E-state index contributed by atoms with van der Waals surface area (Å²) in [5, 5.41) is 28.0. The topological polar surface area (TPSA) is 90.7 Å². The zero-order valence-electron chi connectivity index (χ0n) is 8.47. The molecule has 0 saturated carbocycles. The first-order valence-corrected chi connectivity index (χ1v) is 4.36. The molecule has 0 amide bonds. The van der Waals surface area contributed by atoms with Gasteiger partial charge in [0.05, 0.1) is 10.5 Å². The van der Waals surface area contributed by atoms with Crippen LogP contribution in [-0.4, -0.2) is 4.92 Å². The van der Waals surface area contributed by atoms with Crippen LogP contribution in [-0.2, 0) is 0 Å². The van der Waals surface area contributed by atoms with Gasteiger partial charge in [0.25, 0.3) is 5.69 Å². The normalized spacial score (nSPS) is 8.69. The average Bonchev–Trinajstić information content (AvgIpc) is 2.25. The molecule has 16 heavy (non-hydrogen) atoms. The SMILES string of the molecule is Cc1cccc(C=C(C#N)C#N)c1[N+](=O)[O-]. The molecule has 0 heterocycles. The van der Waals surface area contributed by atoms with Crippen LogP contribution in [0.15, 0.2) is 23.8 Å². The minimum atomic E-state index is -0.520. The number of nitriles is 2. The predicted octanol–water partition coefficient (Wildman–Crippen LogP) is 2.33. The molecule has 0 aliphatic heterocycles. The number of hydrogen-bond donors (Lipinski definition) is 0. The van der Waals surface area contributed by atoms with Crippen LogP contribution in [0.3, 0.4) is 0 Å². The number of nitrogens with zero attached hydrogens (tertiary/aromatic N) is 3. The Kier molecular flexibility index (Phi) is 3.37. The van der Waals surface area contributed by atoms with Gasteiger partial charge in [-0.3, -0.25) is 10.1 Å². The highest BCUT2D eigenvalue weighted by Gasteiger charge is 2.15. The Bertz CT molecular complexity index is 531. The molecule has 0 spiro atoms. The number of nitro groups is 1. The number of aryl methyl sites for hydroxylation is 1. The minimum Gasteiger partial charge on any atom is -0.258 e. The highest BCUT2D eigenvalue weighted by atomic mass is 16.6. The van der Waals surface area contributed by atoms with Gasteiger partial charge in [-0.15, -0.1) is 0 Å². The lowest BCUT2D eigenvalue weighted by atomic mass is 10.1. The highest BCUT2D eigenvalue weighted by Crippen LogP contribution is 2.24. The second kappa shape index (κ2) is 4.72. The molecule has 5 nitrogen and oxygen atoms in total. The predicted molar refractivity (Wildman–Crippen MR) is 57.0 cm³/mol. The maximum absolute atomic E-state index is 10.8. The van der Waals surface area contributed by atoms with E-state index in [1.54, 1.807) is 31.2 Å². The Morgan fingerprint density at radius 3 is 2.56 bits per heavy atom. The van der Waals surface area contributed by atoms with Crippen molar-refractivity contribution in [2.24, 2.45) is 0 Å². The Balaban J connectivity index is 3.43. The van der Waals surface area contributed by atoms with E-state index in [-0.39, 0.29) is 16.8 Å². The molecule has 1 aromatic carbocycles. The van der Waals surface area contributed by atoms with E-state index >= 15 is 0 Å². The monoisotopic (exact) mass is 213 g/mol. The maximum atomic E-state index is 10.8. The van der Waals surface area contributed by atoms with Crippen molar-refractivity contribution in [3.63, 3.8) is 0 Å². The van der Waals surface area contributed by atoms with E-state index in [4.69, 9.17) is 10.5 Å². The second-order valence-corrected chi connectivity index (χ2v) is 3.05. The summed E-state index contributed by atoms with van der Waals surface area (Å²) in [7, 11) is 0. The third-order valence-corrected chi connectivity index (χ3v) is 1.99. The summed E-state index contributed by atoms with van der Waals surface area (Å²) in [5.74, 6) is 0. The fraction of sp³-hybridized carbons (Fsp3) is 0.0909. The van der Waals surface area contributed by atoms with E-state index in [1.165, 1.54) is 12.1 Å². The van der Waals surface area contributed by atoms with Crippen molar-refractivity contribution in [1.82, 2.24) is 0 Å². The van der Waals surface area contributed by atoms with Gasteiger partial charge in [-0.05, 0) is 19.1 Å². The van der Waals surface area contributed by atoms with E-state index in [1.807, 2.05) is 0 Å². The Labute approximate surface area is 92.0 Å². The summed E-state index contributed by atoms with van der Waals surface area (Å²) in [6.45, 7) is 1.61. The van der Waals surface area contributed by atoms with Crippen LogP contribution >= 0.6 is 0 Å². The molecular formula is C11H7N3O2. The van der Waals surface area contributed by atoms with E-state index in [0.29, 0.717) is 5.56 Å². The fourth-order valence-electron chi connectivity index (χ4n) is 1.29. The number of nitro benzene ring substituents is 1. The highest BCUT2D eigenvalue weighted by molar-refractivity contribution is 5.70. The van der Waals surface area contributed by atoms with E-state index in [2.05, 4.69) is 0 Å². The molecule has 0 fully saturated rings. The van der Waals surface area contributed by atoms with Crippen LogP contribution in [0.5, 0.6) is 0 Å². The van der Waals surface area contributed by atoms with Gasteiger partial charge in [0.2, 0.25) is 0 Å². The van der Waals surface area contributed by atoms with Gasteiger partial charge in [0.1, 0.15) is 17.7 Å². The van der Waals surface area contributed by atoms with Crippen molar-refractivity contribution < 1.29 is 4.92 Å².